The summed E-state index contributed by atoms with van der Waals surface area (Å²) in [5.74, 6) is -1.80. The van der Waals surface area contributed by atoms with Gasteiger partial charge >= 0.3 is 12.1 Å². The predicted molar refractivity (Wildman–Crippen MR) is 61.3 cm³/mol. The Labute approximate surface area is 102 Å². The maximum Gasteiger partial charge on any atom is 0.471 e. The molecule has 1 amide bonds. The molecule has 1 aromatic carbocycles. The zero-order valence-corrected chi connectivity index (χ0v) is 9.63. The zero-order chi connectivity index (χ0) is 13.3. The lowest BCUT2D eigenvalue weighted by atomic mass is 10.1. The molecule has 0 aliphatic carbocycles. The largest absolute Gasteiger partial charge is 0.471 e. The van der Waals surface area contributed by atoms with E-state index in [0.29, 0.717) is 25.1 Å². The number of hydrogen-bond acceptors (Lipinski definition) is 2. The number of anilines is 1. The van der Waals surface area contributed by atoms with Gasteiger partial charge in [-0.05, 0) is 36.6 Å². The molecule has 1 aromatic rings. The normalized spacial score (nSPS) is 14.8. The van der Waals surface area contributed by atoms with E-state index in [1.165, 1.54) is 0 Å². The Kier molecular flexibility index (Phi) is 3.30. The minimum atomic E-state index is -4.82. The molecule has 0 spiro atoms. The molecule has 2 N–H and O–H groups in total. The molecule has 0 radical (unpaired) electrons. The number of rotatable bonds is 2. The van der Waals surface area contributed by atoms with Gasteiger partial charge in [0.25, 0.3) is 0 Å². The number of benzene rings is 1. The fraction of sp³-hybridized carbons (Fsp3) is 0.417. The molecule has 1 aliphatic heterocycles. The molecule has 0 saturated heterocycles. The number of nitrogens with zero attached hydrogens (tertiary/aromatic N) is 1. The number of amides is 1. The van der Waals surface area contributed by atoms with Crippen molar-refractivity contribution in [2.75, 3.05) is 18.0 Å². The summed E-state index contributed by atoms with van der Waals surface area (Å²) in [6.45, 7) is 0.573. The van der Waals surface area contributed by atoms with E-state index >= 15 is 0 Å². The predicted octanol–water partition coefficient (Wildman–Crippen LogP) is 1.64. The SMILES string of the molecule is NCCc1ccc2c(c1)CCN2C(=O)C(F)(F)F. The Morgan fingerprint density at radius 2 is 2.11 bits per heavy atom. The number of nitrogens with two attached hydrogens (primary N) is 1. The van der Waals surface area contributed by atoms with Crippen molar-refractivity contribution in [3.05, 3.63) is 29.3 Å². The van der Waals surface area contributed by atoms with E-state index in [9.17, 15) is 18.0 Å². The lowest BCUT2D eigenvalue weighted by Gasteiger charge is -2.18. The third-order valence-corrected chi connectivity index (χ3v) is 2.96. The average Bonchev–Trinajstić information content (AvgIpc) is 2.70. The van der Waals surface area contributed by atoms with Gasteiger partial charge in [0.2, 0.25) is 0 Å². The molecular weight excluding hydrogens is 245 g/mol. The van der Waals surface area contributed by atoms with Crippen LogP contribution in [0.1, 0.15) is 11.1 Å². The second-order valence-electron chi connectivity index (χ2n) is 4.21. The highest BCUT2D eigenvalue weighted by Gasteiger charge is 2.44. The second kappa shape index (κ2) is 4.61. The Morgan fingerprint density at radius 1 is 1.39 bits per heavy atom. The van der Waals surface area contributed by atoms with Crippen LogP contribution in [0.4, 0.5) is 18.9 Å². The van der Waals surface area contributed by atoms with Crippen molar-refractivity contribution in [1.82, 2.24) is 0 Å². The lowest BCUT2D eigenvalue weighted by molar-refractivity contribution is -0.170. The number of halogens is 3. The minimum absolute atomic E-state index is 0.0831. The summed E-state index contributed by atoms with van der Waals surface area (Å²) < 4.78 is 37.2. The van der Waals surface area contributed by atoms with Crippen molar-refractivity contribution in [1.29, 1.82) is 0 Å². The molecule has 98 valence electrons. The molecule has 3 nitrogen and oxygen atoms in total. The maximum atomic E-state index is 12.4. The average molecular weight is 258 g/mol. The van der Waals surface area contributed by atoms with Gasteiger partial charge in [-0.25, -0.2) is 0 Å². The lowest BCUT2D eigenvalue weighted by Crippen LogP contribution is -2.40. The van der Waals surface area contributed by atoms with E-state index in [1.54, 1.807) is 12.1 Å². The van der Waals surface area contributed by atoms with Crippen LogP contribution in [0, 0.1) is 0 Å². The smallest absolute Gasteiger partial charge is 0.330 e. The molecule has 1 heterocycles. The standard InChI is InChI=1S/C12H13F3N2O/c13-12(14,15)11(18)17-6-4-9-7-8(3-5-16)1-2-10(9)17/h1-2,7H,3-6,16H2. The Bertz CT molecular complexity index is 471. The van der Waals surface area contributed by atoms with Gasteiger partial charge < -0.3 is 10.6 Å². The van der Waals surface area contributed by atoms with Crippen LogP contribution in [-0.2, 0) is 17.6 Å². The van der Waals surface area contributed by atoms with Crippen molar-refractivity contribution in [3.8, 4) is 0 Å². The van der Waals surface area contributed by atoms with Gasteiger partial charge in [0.05, 0.1) is 0 Å². The van der Waals surface area contributed by atoms with E-state index in [4.69, 9.17) is 5.73 Å². The van der Waals surface area contributed by atoms with Crippen LogP contribution >= 0.6 is 0 Å². The molecule has 2 rings (SSSR count). The minimum Gasteiger partial charge on any atom is -0.330 e. The second-order valence-corrected chi connectivity index (χ2v) is 4.21. The van der Waals surface area contributed by atoms with Crippen molar-refractivity contribution in [3.63, 3.8) is 0 Å². The van der Waals surface area contributed by atoms with Crippen LogP contribution in [0.15, 0.2) is 18.2 Å². The third-order valence-electron chi connectivity index (χ3n) is 2.96. The summed E-state index contributed by atoms with van der Waals surface area (Å²) in [4.78, 5) is 12.0. The van der Waals surface area contributed by atoms with E-state index in [-0.39, 0.29) is 6.54 Å². The number of alkyl halides is 3. The summed E-state index contributed by atoms with van der Waals surface area (Å²) in [5, 5.41) is 0. The first-order valence-corrected chi connectivity index (χ1v) is 5.64. The van der Waals surface area contributed by atoms with Crippen molar-refractivity contribution in [2.24, 2.45) is 5.73 Å². The topological polar surface area (TPSA) is 46.3 Å². The summed E-state index contributed by atoms with van der Waals surface area (Å²) in [6.07, 6.45) is -3.69. The van der Waals surface area contributed by atoms with E-state index in [1.807, 2.05) is 6.07 Å². The van der Waals surface area contributed by atoms with E-state index < -0.39 is 12.1 Å². The molecule has 0 aromatic heterocycles. The van der Waals surface area contributed by atoms with Crippen LogP contribution in [0.25, 0.3) is 0 Å². The Hall–Kier alpha value is -1.56. The quantitative estimate of drug-likeness (QED) is 0.876. The molecule has 0 atom stereocenters. The monoisotopic (exact) mass is 258 g/mol. The zero-order valence-electron chi connectivity index (χ0n) is 9.63. The highest BCUT2D eigenvalue weighted by Crippen LogP contribution is 2.32. The van der Waals surface area contributed by atoms with Crippen LogP contribution in [0.3, 0.4) is 0 Å². The number of hydrogen-bond donors (Lipinski definition) is 1. The number of carbonyl (C=O) groups excluding carboxylic acids is 1. The first kappa shape index (κ1) is 12.9. The van der Waals surface area contributed by atoms with Crippen LogP contribution in [0.5, 0.6) is 0 Å². The fourth-order valence-corrected chi connectivity index (χ4v) is 2.14. The third kappa shape index (κ3) is 2.33. The molecule has 6 heteroatoms. The fourth-order valence-electron chi connectivity index (χ4n) is 2.14. The number of fused-ring (bicyclic) bond motifs is 1. The van der Waals surface area contributed by atoms with Gasteiger partial charge in [0.15, 0.2) is 0 Å². The summed E-state index contributed by atoms with van der Waals surface area (Å²) in [7, 11) is 0. The molecular formula is C12H13F3N2O. The van der Waals surface area contributed by atoms with Gasteiger partial charge in [-0.15, -0.1) is 0 Å². The van der Waals surface area contributed by atoms with Crippen molar-refractivity contribution >= 4 is 11.6 Å². The molecule has 0 fully saturated rings. The van der Waals surface area contributed by atoms with Gasteiger partial charge in [0.1, 0.15) is 0 Å². The highest BCUT2D eigenvalue weighted by atomic mass is 19.4. The van der Waals surface area contributed by atoms with Crippen LogP contribution in [0.2, 0.25) is 0 Å². The summed E-state index contributed by atoms with van der Waals surface area (Å²) in [5.41, 5.74) is 7.54. The van der Waals surface area contributed by atoms with Crippen LogP contribution in [-0.4, -0.2) is 25.2 Å². The molecule has 0 bridgehead atoms. The van der Waals surface area contributed by atoms with E-state index in [0.717, 1.165) is 16.0 Å². The van der Waals surface area contributed by atoms with Gasteiger partial charge in [-0.1, -0.05) is 12.1 Å². The van der Waals surface area contributed by atoms with Crippen molar-refractivity contribution in [2.45, 2.75) is 19.0 Å². The molecule has 0 unspecified atom stereocenters. The summed E-state index contributed by atoms with van der Waals surface area (Å²) >= 11 is 0. The van der Waals surface area contributed by atoms with Crippen LogP contribution < -0.4 is 10.6 Å². The van der Waals surface area contributed by atoms with E-state index in [2.05, 4.69) is 0 Å². The first-order chi connectivity index (χ1) is 8.43. The maximum absolute atomic E-state index is 12.4. The molecule has 18 heavy (non-hydrogen) atoms. The molecule has 0 saturated carbocycles. The van der Waals surface area contributed by atoms with Crippen molar-refractivity contribution < 1.29 is 18.0 Å². The highest BCUT2D eigenvalue weighted by molar-refractivity contribution is 5.99. The van der Waals surface area contributed by atoms with Gasteiger partial charge in [-0.2, -0.15) is 13.2 Å². The summed E-state index contributed by atoms with van der Waals surface area (Å²) in [6, 6.07) is 5.11. The first-order valence-electron chi connectivity index (χ1n) is 5.64. The van der Waals surface area contributed by atoms with Gasteiger partial charge in [-0.3, -0.25) is 4.79 Å². The number of carbonyl (C=O) groups is 1. The Balaban J connectivity index is 2.27. The van der Waals surface area contributed by atoms with Gasteiger partial charge in [0, 0.05) is 12.2 Å². The Morgan fingerprint density at radius 3 is 2.72 bits per heavy atom. The molecule has 1 aliphatic rings.